The molecule has 132 valence electrons. The maximum atomic E-state index is 12.3. The lowest BCUT2D eigenvalue weighted by molar-refractivity contribution is 0.135. The molecule has 0 bridgehead atoms. The van der Waals surface area contributed by atoms with Crippen LogP contribution >= 0.6 is 0 Å². The highest BCUT2D eigenvalue weighted by atomic mass is 16.2. The predicted molar refractivity (Wildman–Crippen MR) is 99.4 cm³/mol. The molecule has 2 amide bonds. The van der Waals surface area contributed by atoms with E-state index in [-0.39, 0.29) is 6.03 Å². The van der Waals surface area contributed by atoms with Gasteiger partial charge in [-0.05, 0) is 24.6 Å². The van der Waals surface area contributed by atoms with Crippen LogP contribution in [0.4, 0.5) is 4.79 Å². The van der Waals surface area contributed by atoms with Crippen LogP contribution in [0.5, 0.6) is 0 Å². The van der Waals surface area contributed by atoms with Gasteiger partial charge in [-0.1, -0.05) is 35.9 Å². The van der Waals surface area contributed by atoms with Crippen molar-refractivity contribution in [2.75, 3.05) is 32.7 Å². The van der Waals surface area contributed by atoms with Gasteiger partial charge in [-0.2, -0.15) is 0 Å². The van der Waals surface area contributed by atoms with Crippen LogP contribution in [0.15, 0.2) is 48.7 Å². The molecule has 0 unspecified atom stereocenters. The highest BCUT2D eigenvalue weighted by molar-refractivity contribution is 5.74. The first kappa shape index (κ1) is 17.4. The van der Waals surface area contributed by atoms with Gasteiger partial charge < -0.3 is 10.2 Å². The van der Waals surface area contributed by atoms with Crippen molar-refractivity contribution in [2.45, 2.75) is 19.9 Å². The molecule has 1 aliphatic rings. The number of rotatable bonds is 5. The topological polar surface area (TPSA) is 48.5 Å². The van der Waals surface area contributed by atoms with Crippen LogP contribution in [-0.2, 0) is 13.0 Å². The standard InChI is InChI=1S/C20H26N4O/c1-17-5-4-6-18(15-17)16-23-11-13-24(14-12-23)20(25)22-10-8-19-7-2-3-9-21-19/h2-7,9,15H,8,10-14,16H2,1H3,(H,22,25). The average Bonchev–Trinajstić information content (AvgIpc) is 2.63. The van der Waals surface area contributed by atoms with Gasteiger partial charge in [0.1, 0.15) is 0 Å². The van der Waals surface area contributed by atoms with Crippen molar-refractivity contribution in [3.63, 3.8) is 0 Å². The summed E-state index contributed by atoms with van der Waals surface area (Å²) in [5, 5.41) is 3.00. The number of hydrogen-bond acceptors (Lipinski definition) is 3. The number of benzene rings is 1. The number of aromatic nitrogens is 1. The van der Waals surface area contributed by atoms with Gasteiger partial charge in [-0.3, -0.25) is 9.88 Å². The van der Waals surface area contributed by atoms with Crippen LogP contribution in [0.1, 0.15) is 16.8 Å². The molecule has 0 aliphatic carbocycles. The largest absolute Gasteiger partial charge is 0.338 e. The molecule has 1 N–H and O–H groups in total. The molecule has 1 fully saturated rings. The molecule has 2 heterocycles. The van der Waals surface area contributed by atoms with E-state index in [9.17, 15) is 4.79 Å². The zero-order valence-electron chi connectivity index (χ0n) is 14.8. The van der Waals surface area contributed by atoms with E-state index < -0.39 is 0 Å². The number of urea groups is 1. The summed E-state index contributed by atoms with van der Waals surface area (Å²) in [6, 6.07) is 14.5. The smallest absolute Gasteiger partial charge is 0.317 e. The summed E-state index contributed by atoms with van der Waals surface area (Å²) < 4.78 is 0. The van der Waals surface area contributed by atoms with Crippen molar-refractivity contribution in [2.24, 2.45) is 0 Å². The molecular weight excluding hydrogens is 312 g/mol. The molecule has 0 atom stereocenters. The fourth-order valence-corrected chi connectivity index (χ4v) is 3.13. The monoisotopic (exact) mass is 338 g/mol. The maximum Gasteiger partial charge on any atom is 0.317 e. The molecule has 5 nitrogen and oxygen atoms in total. The maximum absolute atomic E-state index is 12.3. The third-order valence-corrected chi connectivity index (χ3v) is 4.53. The second-order valence-corrected chi connectivity index (χ2v) is 6.56. The van der Waals surface area contributed by atoms with Gasteiger partial charge in [0.15, 0.2) is 0 Å². The summed E-state index contributed by atoms with van der Waals surface area (Å²) in [5.41, 5.74) is 3.64. The molecule has 3 rings (SSSR count). The number of piperazine rings is 1. The van der Waals surface area contributed by atoms with Crippen molar-refractivity contribution in [3.8, 4) is 0 Å². The molecule has 1 aromatic heterocycles. The molecule has 0 radical (unpaired) electrons. The Morgan fingerprint density at radius 1 is 1.12 bits per heavy atom. The van der Waals surface area contributed by atoms with Crippen LogP contribution in [0, 0.1) is 6.92 Å². The van der Waals surface area contributed by atoms with E-state index in [0.717, 1.165) is 44.8 Å². The Morgan fingerprint density at radius 2 is 1.96 bits per heavy atom. The molecular formula is C20H26N4O. The minimum absolute atomic E-state index is 0.0335. The van der Waals surface area contributed by atoms with Crippen LogP contribution in [0.2, 0.25) is 0 Å². The van der Waals surface area contributed by atoms with Crippen LogP contribution in [-0.4, -0.2) is 53.5 Å². The van der Waals surface area contributed by atoms with Crippen molar-refractivity contribution in [1.82, 2.24) is 20.1 Å². The normalized spacial score (nSPS) is 15.2. The summed E-state index contributed by atoms with van der Waals surface area (Å²) >= 11 is 0. The first-order valence-electron chi connectivity index (χ1n) is 8.91. The van der Waals surface area contributed by atoms with E-state index in [4.69, 9.17) is 0 Å². The molecule has 1 aromatic carbocycles. The van der Waals surface area contributed by atoms with Crippen LogP contribution < -0.4 is 5.32 Å². The van der Waals surface area contributed by atoms with Gasteiger partial charge in [0.05, 0.1) is 0 Å². The molecule has 5 heteroatoms. The first-order valence-corrected chi connectivity index (χ1v) is 8.91. The van der Waals surface area contributed by atoms with Crippen molar-refractivity contribution in [3.05, 3.63) is 65.5 Å². The Balaban J connectivity index is 1.38. The van der Waals surface area contributed by atoms with Gasteiger partial charge in [0, 0.05) is 57.6 Å². The number of hydrogen-bond donors (Lipinski definition) is 1. The molecule has 0 saturated carbocycles. The van der Waals surface area contributed by atoms with E-state index in [1.807, 2.05) is 23.1 Å². The number of carbonyl (C=O) groups is 1. The fraction of sp³-hybridized carbons (Fsp3) is 0.400. The Kier molecular flexibility index (Phi) is 6.01. The van der Waals surface area contributed by atoms with E-state index in [1.54, 1.807) is 6.20 Å². The molecule has 25 heavy (non-hydrogen) atoms. The molecule has 1 aliphatic heterocycles. The SMILES string of the molecule is Cc1cccc(CN2CCN(C(=O)NCCc3ccccn3)CC2)c1. The van der Waals surface area contributed by atoms with Gasteiger partial charge in [0.25, 0.3) is 0 Å². The number of aryl methyl sites for hydroxylation is 1. The van der Waals surface area contributed by atoms with Crippen LogP contribution in [0.3, 0.4) is 0 Å². The minimum Gasteiger partial charge on any atom is -0.338 e. The Bertz CT molecular complexity index is 681. The predicted octanol–water partition coefficient (Wildman–Crippen LogP) is 2.46. The molecule has 0 spiro atoms. The second kappa shape index (κ2) is 8.62. The highest BCUT2D eigenvalue weighted by Gasteiger charge is 2.20. The van der Waals surface area contributed by atoms with Gasteiger partial charge in [-0.25, -0.2) is 4.79 Å². The quantitative estimate of drug-likeness (QED) is 0.911. The number of pyridine rings is 1. The summed E-state index contributed by atoms with van der Waals surface area (Å²) in [5.74, 6) is 0. The Morgan fingerprint density at radius 3 is 2.68 bits per heavy atom. The minimum atomic E-state index is 0.0335. The van der Waals surface area contributed by atoms with Crippen molar-refractivity contribution < 1.29 is 4.79 Å². The lowest BCUT2D eigenvalue weighted by atomic mass is 10.1. The van der Waals surface area contributed by atoms with Crippen molar-refractivity contribution >= 4 is 6.03 Å². The lowest BCUT2D eigenvalue weighted by Gasteiger charge is -2.34. The number of nitrogens with zero attached hydrogens (tertiary/aromatic N) is 3. The zero-order valence-corrected chi connectivity index (χ0v) is 14.8. The summed E-state index contributed by atoms with van der Waals surface area (Å²) in [6.07, 6.45) is 2.55. The number of carbonyl (C=O) groups excluding carboxylic acids is 1. The zero-order chi connectivity index (χ0) is 17.5. The Labute approximate surface area is 149 Å². The van der Waals surface area contributed by atoms with Gasteiger partial charge >= 0.3 is 6.03 Å². The van der Waals surface area contributed by atoms with Crippen molar-refractivity contribution in [1.29, 1.82) is 0 Å². The third-order valence-electron chi connectivity index (χ3n) is 4.53. The highest BCUT2D eigenvalue weighted by Crippen LogP contribution is 2.10. The molecule has 2 aromatic rings. The average molecular weight is 338 g/mol. The number of nitrogens with one attached hydrogen (secondary N) is 1. The number of amides is 2. The first-order chi connectivity index (χ1) is 12.2. The Hall–Kier alpha value is -2.40. The van der Waals surface area contributed by atoms with Gasteiger partial charge in [-0.15, -0.1) is 0 Å². The van der Waals surface area contributed by atoms with Crippen LogP contribution in [0.25, 0.3) is 0 Å². The lowest BCUT2D eigenvalue weighted by Crippen LogP contribution is -2.51. The summed E-state index contributed by atoms with van der Waals surface area (Å²) in [4.78, 5) is 20.9. The summed E-state index contributed by atoms with van der Waals surface area (Å²) in [6.45, 7) is 7.10. The second-order valence-electron chi connectivity index (χ2n) is 6.56. The van der Waals surface area contributed by atoms with Gasteiger partial charge in [0.2, 0.25) is 0 Å². The van der Waals surface area contributed by atoms with E-state index in [2.05, 4.69) is 46.4 Å². The molecule has 1 saturated heterocycles. The van der Waals surface area contributed by atoms with E-state index in [0.29, 0.717) is 6.54 Å². The fourth-order valence-electron chi connectivity index (χ4n) is 3.13. The van der Waals surface area contributed by atoms with E-state index >= 15 is 0 Å². The summed E-state index contributed by atoms with van der Waals surface area (Å²) in [7, 11) is 0. The third kappa shape index (κ3) is 5.29. The van der Waals surface area contributed by atoms with E-state index in [1.165, 1.54) is 11.1 Å².